The number of benzene rings is 1. The average molecular weight is 272 g/mol. The van der Waals surface area contributed by atoms with Gasteiger partial charge in [0.1, 0.15) is 11.5 Å². The Balaban J connectivity index is 2.30. The molecule has 0 aliphatic carbocycles. The second-order valence-corrected chi connectivity index (χ2v) is 4.48. The number of aromatic hydroxyl groups is 1. The summed E-state index contributed by atoms with van der Waals surface area (Å²) in [6.07, 6.45) is 3.02. The summed E-state index contributed by atoms with van der Waals surface area (Å²) in [5.41, 5.74) is 2.55. The highest BCUT2D eigenvalue weighted by Crippen LogP contribution is 2.26. The number of hydrogen-bond acceptors (Lipinski definition) is 4. The van der Waals surface area contributed by atoms with Gasteiger partial charge in [-0.25, -0.2) is 0 Å². The molecule has 0 saturated heterocycles. The number of nitrogens with zero attached hydrogens (tertiary/aromatic N) is 1. The Labute approximate surface area is 117 Å². The Morgan fingerprint density at radius 2 is 2.05 bits per heavy atom. The van der Waals surface area contributed by atoms with E-state index in [4.69, 9.17) is 4.74 Å². The lowest BCUT2D eigenvalue weighted by molar-refractivity contribution is 0.102. The molecular weight excluding hydrogens is 256 g/mol. The first-order chi connectivity index (χ1) is 9.52. The molecule has 0 bridgehead atoms. The lowest BCUT2D eigenvalue weighted by Crippen LogP contribution is -2.14. The van der Waals surface area contributed by atoms with E-state index in [9.17, 15) is 9.90 Å². The quantitative estimate of drug-likeness (QED) is 0.843. The molecule has 2 rings (SSSR count). The Bertz CT molecular complexity index is 654. The van der Waals surface area contributed by atoms with E-state index in [1.54, 1.807) is 25.1 Å². The number of phenols is 1. The lowest BCUT2D eigenvalue weighted by atomic mass is 10.1. The van der Waals surface area contributed by atoms with Gasteiger partial charge in [0.2, 0.25) is 0 Å². The smallest absolute Gasteiger partial charge is 0.259 e. The van der Waals surface area contributed by atoms with Gasteiger partial charge in [-0.15, -0.1) is 0 Å². The number of methoxy groups -OCH3 is 1. The van der Waals surface area contributed by atoms with E-state index >= 15 is 0 Å². The summed E-state index contributed by atoms with van der Waals surface area (Å²) in [5.74, 6) is 0.345. The maximum absolute atomic E-state index is 12.3. The van der Waals surface area contributed by atoms with Gasteiger partial charge in [0, 0.05) is 11.9 Å². The van der Waals surface area contributed by atoms with Crippen molar-refractivity contribution in [3.63, 3.8) is 0 Å². The van der Waals surface area contributed by atoms with Crippen molar-refractivity contribution in [3.05, 3.63) is 47.3 Å². The largest absolute Gasteiger partial charge is 0.508 e. The maximum Gasteiger partial charge on any atom is 0.259 e. The van der Waals surface area contributed by atoms with Crippen LogP contribution in [0.15, 0.2) is 30.6 Å². The van der Waals surface area contributed by atoms with Crippen molar-refractivity contribution in [2.75, 3.05) is 12.4 Å². The molecule has 0 spiro atoms. The molecule has 2 aromatic rings. The number of amides is 1. The molecule has 20 heavy (non-hydrogen) atoms. The van der Waals surface area contributed by atoms with Crippen LogP contribution in [-0.2, 0) is 0 Å². The average Bonchev–Trinajstić information content (AvgIpc) is 2.44. The molecule has 0 aliphatic rings. The van der Waals surface area contributed by atoms with Crippen molar-refractivity contribution in [2.24, 2.45) is 0 Å². The molecule has 0 unspecified atom stereocenters. The highest BCUT2D eigenvalue weighted by Gasteiger charge is 2.13. The third kappa shape index (κ3) is 2.71. The molecular formula is C15H16N2O3. The first kappa shape index (κ1) is 13.9. The van der Waals surface area contributed by atoms with E-state index < -0.39 is 0 Å². The molecule has 0 fully saturated rings. The molecule has 5 nitrogen and oxygen atoms in total. The first-order valence-electron chi connectivity index (χ1n) is 6.12. The molecule has 2 N–H and O–H groups in total. The van der Waals surface area contributed by atoms with Crippen LogP contribution >= 0.6 is 0 Å². The summed E-state index contributed by atoms with van der Waals surface area (Å²) in [5, 5.41) is 12.4. The third-order valence-electron chi connectivity index (χ3n) is 3.04. The Kier molecular flexibility index (Phi) is 3.89. The Hall–Kier alpha value is -2.56. The predicted octanol–water partition coefficient (Wildman–Crippen LogP) is 2.66. The van der Waals surface area contributed by atoms with Crippen molar-refractivity contribution >= 4 is 11.6 Å². The molecule has 0 aliphatic heterocycles. The van der Waals surface area contributed by atoms with Crippen LogP contribution in [-0.4, -0.2) is 23.1 Å². The number of aryl methyl sites for hydroxylation is 2. The minimum Gasteiger partial charge on any atom is -0.508 e. The minimum absolute atomic E-state index is 0.210. The number of ether oxygens (including phenoxy) is 1. The molecule has 1 aromatic carbocycles. The Morgan fingerprint density at radius 3 is 2.75 bits per heavy atom. The summed E-state index contributed by atoms with van der Waals surface area (Å²) in [6, 6.07) is 4.95. The van der Waals surface area contributed by atoms with Crippen LogP contribution in [0.4, 0.5) is 5.69 Å². The van der Waals surface area contributed by atoms with Gasteiger partial charge in [0.05, 0.1) is 18.9 Å². The van der Waals surface area contributed by atoms with Gasteiger partial charge in [-0.2, -0.15) is 0 Å². The van der Waals surface area contributed by atoms with Crippen LogP contribution in [0.25, 0.3) is 0 Å². The van der Waals surface area contributed by atoms with Gasteiger partial charge < -0.3 is 15.2 Å². The van der Waals surface area contributed by atoms with Crippen LogP contribution < -0.4 is 10.1 Å². The summed E-state index contributed by atoms with van der Waals surface area (Å²) < 4.78 is 5.11. The third-order valence-corrected chi connectivity index (χ3v) is 3.04. The van der Waals surface area contributed by atoms with E-state index in [-0.39, 0.29) is 11.7 Å². The molecule has 0 saturated carbocycles. The van der Waals surface area contributed by atoms with E-state index in [1.807, 2.05) is 6.92 Å². The zero-order valence-corrected chi connectivity index (χ0v) is 11.6. The van der Waals surface area contributed by atoms with Crippen LogP contribution in [0.5, 0.6) is 11.5 Å². The maximum atomic E-state index is 12.3. The molecule has 0 atom stereocenters. The fraction of sp³-hybridized carbons (Fsp3) is 0.200. The van der Waals surface area contributed by atoms with Gasteiger partial charge in [-0.05, 0) is 43.2 Å². The van der Waals surface area contributed by atoms with Crippen molar-refractivity contribution in [2.45, 2.75) is 13.8 Å². The van der Waals surface area contributed by atoms with Crippen molar-refractivity contribution in [1.29, 1.82) is 0 Å². The number of aromatic nitrogens is 1. The number of nitrogens with one attached hydrogen (secondary N) is 1. The standard InChI is InChI=1S/C15H16N2O3/c1-9-7-13(18)10(2)6-12(9)17-15(19)11-4-5-16-8-14(11)20-3/h4-8,18H,1-3H3,(H,17,19). The lowest BCUT2D eigenvalue weighted by Gasteiger charge is -2.12. The summed E-state index contributed by atoms with van der Waals surface area (Å²) >= 11 is 0. The fourth-order valence-electron chi connectivity index (χ4n) is 1.86. The minimum atomic E-state index is -0.280. The van der Waals surface area contributed by atoms with Crippen molar-refractivity contribution < 1.29 is 14.6 Å². The van der Waals surface area contributed by atoms with Crippen LogP contribution in [0.1, 0.15) is 21.5 Å². The number of hydrogen-bond donors (Lipinski definition) is 2. The normalized spacial score (nSPS) is 10.2. The van der Waals surface area contributed by atoms with Crippen LogP contribution in [0.2, 0.25) is 0 Å². The zero-order chi connectivity index (χ0) is 14.7. The number of carbonyl (C=O) groups is 1. The van der Waals surface area contributed by atoms with Gasteiger partial charge in [-0.3, -0.25) is 9.78 Å². The van der Waals surface area contributed by atoms with E-state index in [2.05, 4.69) is 10.3 Å². The molecule has 5 heteroatoms. The van der Waals surface area contributed by atoms with E-state index in [0.717, 1.165) is 5.56 Å². The van der Waals surface area contributed by atoms with Crippen molar-refractivity contribution in [1.82, 2.24) is 4.98 Å². The SMILES string of the molecule is COc1cnccc1C(=O)Nc1cc(C)c(O)cc1C. The van der Waals surface area contributed by atoms with Gasteiger partial charge in [0.25, 0.3) is 5.91 Å². The van der Waals surface area contributed by atoms with E-state index in [1.165, 1.54) is 19.5 Å². The summed E-state index contributed by atoms with van der Waals surface area (Å²) in [4.78, 5) is 16.2. The second kappa shape index (κ2) is 5.61. The van der Waals surface area contributed by atoms with Gasteiger partial charge in [-0.1, -0.05) is 0 Å². The fourth-order valence-corrected chi connectivity index (χ4v) is 1.86. The topological polar surface area (TPSA) is 71.5 Å². The first-order valence-corrected chi connectivity index (χ1v) is 6.12. The molecule has 1 amide bonds. The summed E-state index contributed by atoms with van der Waals surface area (Å²) in [7, 11) is 1.49. The molecule has 104 valence electrons. The number of carbonyl (C=O) groups excluding carboxylic acids is 1. The van der Waals surface area contributed by atoms with Crippen LogP contribution in [0.3, 0.4) is 0 Å². The number of pyridine rings is 1. The number of rotatable bonds is 3. The highest BCUT2D eigenvalue weighted by atomic mass is 16.5. The molecule has 1 heterocycles. The van der Waals surface area contributed by atoms with Crippen LogP contribution in [0, 0.1) is 13.8 Å². The van der Waals surface area contributed by atoms with Gasteiger partial charge in [0.15, 0.2) is 0 Å². The second-order valence-electron chi connectivity index (χ2n) is 4.48. The predicted molar refractivity (Wildman–Crippen MR) is 76.3 cm³/mol. The molecule has 0 radical (unpaired) electrons. The number of anilines is 1. The highest BCUT2D eigenvalue weighted by molar-refractivity contribution is 6.06. The Morgan fingerprint density at radius 1 is 1.30 bits per heavy atom. The van der Waals surface area contributed by atoms with Gasteiger partial charge >= 0.3 is 0 Å². The zero-order valence-electron chi connectivity index (χ0n) is 11.6. The number of phenolic OH excluding ortho intramolecular Hbond substituents is 1. The summed E-state index contributed by atoms with van der Waals surface area (Å²) in [6.45, 7) is 3.59. The van der Waals surface area contributed by atoms with E-state index in [0.29, 0.717) is 22.6 Å². The van der Waals surface area contributed by atoms with Crippen molar-refractivity contribution in [3.8, 4) is 11.5 Å². The monoisotopic (exact) mass is 272 g/mol. The molecule has 1 aromatic heterocycles.